The number of hydrogen-bond donors (Lipinski definition) is 0. The Bertz CT molecular complexity index is 101. The lowest BCUT2D eigenvalue weighted by Gasteiger charge is -2.25. The number of rotatable bonds is 7. The van der Waals surface area contributed by atoms with Crippen LogP contribution in [0.3, 0.4) is 0 Å². The van der Waals surface area contributed by atoms with E-state index in [0.717, 1.165) is 19.0 Å². The van der Waals surface area contributed by atoms with Crippen molar-refractivity contribution in [3.05, 3.63) is 5.32 Å². The first-order valence-corrected chi connectivity index (χ1v) is 5.89. The van der Waals surface area contributed by atoms with Crippen molar-refractivity contribution in [3.8, 4) is 0 Å². The van der Waals surface area contributed by atoms with Crippen molar-refractivity contribution in [1.82, 2.24) is 0 Å². The van der Waals surface area contributed by atoms with Gasteiger partial charge in [-0.05, 0) is 0 Å². The summed E-state index contributed by atoms with van der Waals surface area (Å²) in [7, 11) is 4.37. The molecule has 0 aliphatic rings. The van der Waals surface area contributed by atoms with E-state index in [9.17, 15) is 0 Å². The predicted molar refractivity (Wildman–Crippen MR) is 50.4 cm³/mol. The molecule has 0 aromatic carbocycles. The van der Waals surface area contributed by atoms with Gasteiger partial charge in [-0.15, -0.1) is 6.54 Å². The summed E-state index contributed by atoms with van der Waals surface area (Å²) < 4.78 is 15.7. The molecule has 0 spiro atoms. The molecule has 0 aliphatic carbocycles. The fourth-order valence-electron chi connectivity index (χ4n) is 1.01. The average Bonchev–Trinajstić information content (AvgIpc) is 2.14. The maximum atomic E-state index is 5.24. The molecular formula is C7H18NO3Si-. The Kier molecular flexibility index (Phi) is 6.59. The molecule has 0 aromatic heterocycles. The molecule has 0 rings (SSSR count). The molecule has 0 saturated carbocycles. The van der Waals surface area contributed by atoms with E-state index in [1.54, 1.807) is 28.4 Å². The van der Waals surface area contributed by atoms with Gasteiger partial charge in [0.1, 0.15) is 0 Å². The molecule has 0 saturated heterocycles. The van der Waals surface area contributed by atoms with Crippen LogP contribution < -0.4 is 0 Å². The van der Waals surface area contributed by atoms with Crippen molar-refractivity contribution in [3.63, 3.8) is 0 Å². The van der Waals surface area contributed by atoms with Crippen molar-refractivity contribution in [2.75, 3.05) is 34.9 Å². The van der Waals surface area contributed by atoms with Crippen LogP contribution in [0.15, 0.2) is 0 Å². The Hall–Kier alpha value is 0.0569. The van der Waals surface area contributed by atoms with Crippen LogP contribution in [-0.4, -0.2) is 43.7 Å². The van der Waals surface area contributed by atoms with Crippen LogP contribution in [0, 0.1) is 0 Å². The molecule has 0 aliphatic heterocycles. The summed E-state index contributed by atoms with van der Waals surface area (Å²) in [4.78, 5) is 0. The summed E-state index contributed by atoms with van der Waals surface area (Å²) in [6.07, 6.45) is 0.957. The van der Waals surface area contributed by atoms with Gasteiger partial charge in [0.05, 0.1) is 0 Å². The lowest BCUT2D eigenvalue weighted by Crippen LogP contribution is -2.42. The van der Waals surface area contributed by atoms with E-state index in [1.165, 1.54) is 0 Å². The molecule has 74 valence electrons. The number of hydrogen-bond acceptors (Lipinski definition) is 3. The molecule has 0 radical (unpaired) electrons. The molecule has 5 heteroatoms. The van der Waals surface area contributed by atoms with Gasteiger partial charge >= 0.3 is 8.80 Å². The predicted octanol–water partition coefficient (Wildman–Crippen LogP) is 1.26. The highest BCUT2D eigenvalue weighted by molar-refractivity contribution is 6.60. The Morgan fingerprint density at radius 2 is 1.58 bits per heavy atom. The molecule has 12 heavy (non-hydrogen) atoms. The third-order valence-electron chi connectivity index (χ3n) is 1.80. The van der Waals surface area contributed by atoms with E-state index < -0.39 is 8.80 Å². The third-order valence-corrected chi connectivity index (χ3v) is 4.63. The Labute approximate surface area is 75.6 Å². The summed E-state index contributed by atoms with van der Waals surface area (Å²) in [5.74, 6) is 0. The van der Waals surface area contributed by atoms with Crippen LogP contribution in [0.5, 0.6) is 0 Å². The Morgan fingerprint density at radius 1 is 1.08 bits per heavy atom. The lowest BCUT2D eigenvalue weighted by molar-refractivity contribution is 0.123. The van der Waals surface area contributed by atoms with Gasteiger partial charge in [0.2, 0.25) is 0 Å². The minimum Gasteiger partial charge on any atom is -0.665 e. The van der Waals surface area contributed by atoms with Crippen molar-refractivity contribution in [2.45, 2.75) is 12.5 Å². The fourth-order valence-corrected chi connectivity index (χ4v) is 2.71. The molecule has 0 N–H and O–H groups in total. The second kappa shape index (κ2) is 6.56. The zero-order chi connectivity index (χ0) is 9.45. The zero-order valence-corrected chi connectivity index (χ0v) is 9.29. The Balaban J connectivity index is 3.76. The van der Waals surface area contributed by atoms with Gasteiger partial charge in [0.25, 0.3) is 0 Å². The highest BCUT2D eigenvalue weighted by Crippen LogP contribution is 2.14. The van der Waals surface area contributed by atoms with Crippen LogP contribution in [0.25, 0.3) is 5.32 Å². The van der Waals surface area contributed by atoms with Crippen LogP contribution in [0.1, 0.15) is 6.42 Å². The van der Waals surface area contributed by atoms with Crippen molar-refractivity contribution in [1.29, 1.82) is 0 Å². The first kappa shape index (κ1) is 12.1. The van der Waals surface area contributed by atoms with Crippen molar-refractivity contribution < 1.29 is 13.3 Å². The first-order chi connectivity index (χ1) is 5.74. The second-order valence-corrected chi connectivity index (χ2v) is 5.53. The largest absolute Gasteiger partial charge is 0.665 e. The maximum Gasteiger partial charge on any atom is 0.500 e. The summed E-state index contributed by atoms with van der Waals surface area (Å²) in [5.41, 5.74) is 0. The molecule has 0 heterocycles. The summed E-state index contributed by atoms with van der Waals surface area (Å²) >= 11 is 0. The normalized spacial score (nSPS) is 12.0. The lowest BCUT2D eigenvalue weighted by atomic mass is 10.5. The minimum absolute atomic E-state index is 0.827. The molecule has 0 unspecified atom stereocenters. The zero-order valence-electron chi connectivity index (χ0n) is 8.29. The minimum atomic E-state index is -2.31. The quantitative estimate of drug-likeness (QED) is 0.450. The SMILES string of the molecule is C[N-]CCC[Si](OC)(OC)OC. The van der Waals surface area contributed by atoms with Gasteiger partial charge in [-0.1, -0.05) is 6.42 Å². The van der Waals surface area contributed by atoms with Gasteiger partial charge in [-0.25, -0.2) is 0 Å². The highest BCUT2D eigenvalue weighted by atomic mass is 28.4. The van der Waals surface area contributed by atoms with Gasteiger partial charge in [-0.2, -0.15) is 7.05 Å². The molecule has 4 nitrogen and oxygen atoms in total. The highest BCUT2D eigenvalue weighted by Gasteiger charge is 2.36. The van der Waals surface area contributed by atoms with Crippen molar-refractivity contribution >= 4 is 8.80 Å². The van der Waals surface area contributed by atoms with E-state index in [-0.39, 0.29) is 0 Å². The second-order valence-electron chi connectivity index (χ2n) is 2.44. The van der Waals surface area contributed by atoms with E-state index in [2.05, 4.69) is 5.32 Å². The smallest absolute Gasteiger partial charge is 0.500 e. The fraction of sp³-hybridized carbons (Fsp3) is 1.00. The van der Waals surface area contributed by atoms with Gasteiger partial charge in [-0.3, -0.25) is 0 Å². The van der Waals surface area contributed by atoms with Gasteiger partial charge in [0, 0.05) is 27.4 Å². The summed E-state index contributed by atoms with van der Waals surface area (Å²) in [6, 6.07) is 0.827. The molecule has 0 aromatic rings. The van der Waals surface area contributed by atoms with Gasteiger partial charge in [0.15, 0.2) is 0 Å². The maximum absolute atomic E-state index is 5.24. The van der Waals surface area contributed by atoms with Crippen LogP contribution in [0.4, 0.5) is 0 Å². The van der Waals surface area contributed by atoms with Crippen LogP contribution in [-0.2, 0) is 13.3 Å². The topological polar surface area (TPSA) is 41.8 Å². The van der Waals surface area contributed by atoms with Crippen LogP contribution in [0.2, 0.25) is 6.04 Å². The monoisotopic (exact) mass is 192 g/mol. The Morgan fingerprint density at radius 3 is 1.92 bits per heavy atom. The standard InChI is InChI=1S/C7H18NO3Si/c1-8-6-5-7-12(9-2,10-3)11-4/h5-7H2,1-4H3/q-1. The van der Waals surface area contributed by atoms with E-state index in [4.69, 9.17) is 13.3 Å². The van der Waals surface area contributed by atoms with E-state index in [1.807, 2.05) is 0 Å². The van der Waals surface area contributed by atoms with Crippen molar-refractivity contribution in [2.24, 2.45) is 0 Å². The third kappa shape index (κ3) is 3.64. The average molecular weight is 192 g/mol. The van der Waals surface area contributed by atoms with Gasteiger partial charge < -0.3 is 18.6 Å². The molecular weight excluding hydrogens is 174 g/mol. The number of nitrogens with zero attached hydrogens (tertiary/aromatic N) is 1. The van der Waals surface area contributed by atoms with Crippen LogP contribution >= 0.6 is 0 Å². The molecule has 0 fully saturated rings. The van der Waals surface area contributed by atoms with E-state index in [0.29, 0.717) is 0 Å². The summed E-state index contributed by atoms with van der Waals surface area (Å²) in [5, 5.41) is 4.00. The summed E-state index contributed by atoms with van der Waals surface area (Å²) in [6.45, 7) is 0.838. The molecule has 0 atom stereocenters. The molecule has 0 bridgehead atoms. The molecule has 0 amide bonds. The first-order valence-electron chi connectivity index (χ1n) is 3.95. The van der Waals surface area contributed by atoms with E-state index >= 15 is 0 Å².